The monoisotopic (exact) mass is 227 g/mol. The highest BCUT2D eigenvalue weighted by Crippen LogP contribution is 2.10. The van der Waals surface area contributed by atoms with Gasteiger partial charge in [0.2, 0.25) is 0 Å². The minimum Gasteiger partial charge on any atom is -0.383 e. The molecule has 0 aliphatic heterocycles. The Labute approximate surface area is 99.6 Å². The van der Waals surface area contributed by atoms with E-state index in [9.17, 15) is 0 Å². The normalized spacial score (nSPS) is 16.8. The third-order valence-corrected chi connectivity index (χ3v) is 2.94. The summed E-state index contributed by atoms with van der Waals surface area (Å²) in [5.41, 5.74) is -0.421. The fraction of sp³-hybridized carbons (Fsp3) is 0.917. The van der Waals surface area contributed by atoms with Crippen LogP contribution in [-0.2, 0) is 4.74 Å². The number of ether oxygens (including phenoxy) is 1. The first-order valence-electron chi connectivity index (χ1n) is 5.84. The van der Waals surface area contributed by atoms with Crippen LogP contribution in [0.25, 0.3) is 0 Å². The molecule has 2 atom stereocenters. The molecule has 0 fully saturated rings. The lowest BCUT2D eigenvalue weighted by atomic mass is 9.99. The molecule has 0 aliphatic rings. The molecule has 94 valence electrons. The van der Waals surface area contributed by atoms with E-state index in [4.69, 9.17) is 10.00 Å². The molecule has 0 aromatic rings. The Bertz CT molecular complexity index is 227. The second-order valence-electron chi connectivity index (χ2n) is 4.51. The second-order valence-corrected chi connectivity index (χ2v) is 4.51. The lowest BCUT2D eigenvalue weighted by molar-refractivity contribution is 0.111. The van der Waals surface area contributed by atoms with Crippen molar-refractivity contribution in [1.29, 1.82) is 5.26 Å². The van der Waals surface area contributed by atoms with Crippen molar-refractivity contribution in [2.75, 3.05) is 33.9 Å². The molecule has 0 bridgehead atoms. The number of rotatable bonds is 8. The molecule has 0 heterocycles. The van der Waals surface area contributed by atoms with Gasteiger partial charge in [0, 0.05) is 19.7 Å². The van der Waals surface area contributed by atoms with Crippen LogP contribution in [-0.4, -0.2) is 50.3 Å². The Morgan fingerprint density at radius 1 is 1.56 bits per heavy atom. The number of hydrogen-bond acceptors (Lipinski definition) is 4. The summed E-state index contributed by atoms with van der Waals surface area (Å²) in [6.45, 7) is 8.53. The lowest BCUT2D eigenvalue weighted by Gasteiger charge is -2.29. The zero-order valence-corrected chi connectivity index (χ0v) is 11.2. The summed E-state index contributed by atoms with van der Waals surface area (Å²) in [6.07, 6.45) is 0.821. The van der Waals surface area contributed by atoms with E-state index in [0.29, 0.717) is 6.04 Å². The molecule has 0 amide bonds. The number of hydrogen-bond donors (Lipinski definition) is 1. The first kappa shape index (κ1) is 15.4. The van der Waals surface area contributed by atoms with Crippen LogP contribution in [0.2, 0.25) is 0 Å². The molecule has 16 heavy (non-hydrogen) atoms. The summed E-state index contributed by atoms with van der Waals surface area (Å²) in [5, 5.41) is 12.3. The minimum absolute atomic E-state index is 0.384. The average molecular weight is 227 g/mol. The van der Waals surface area contributed by atoms with Gasteiger partial charge in [0.15, 0.2) is 0 Å². The van der Waals surface area contributed by atoms with Gasteiger partial charge in [0.25, 0.3) is 0 Å². The molecule has 0 aromatic heterocycles. The van der Waals surface area contributed by atoms with Crippen molar-refractivity contribution in [3.8, 4) is 6.07 Å². The van der Waals surface area contributed by atoms with E-state index < -0.39 is 5.54 Å². The van der Waals surface area contributed by atoms with Crippen molar-refractivity contribution in [2.24, 2.45) is 0 Å². The smallest absolute Gasteiger partial charge is 0.105 e. The standard InChI is InChI=1S/C12H25N3O/c1-6-14-12(3,10-13)7-8-15(4)11(2)9-16-5/h11,14H,6-9H2,1-5H3. The topological polar surface area (TPSA) is 48.3 Å². The highest BCUT2D eigenvalue weighted by atomic mass is 16.5. The van der Waals surface area contributed by atoms with Crippen LogP contribution in [0.1, 0.15) is 27.2 Å². The summed E-state index contributed by atoms with van der Waals surface area (Å²) < 4.78 is 5.11. The molecule has 2 unspecified atom stereocenters. The summed E-state index contributed by atoms with van der Waals surface area (Å²) in [6, 6.07) is 2.72. The molecule has 0 saturated carbocycles. The molecule has 4 nitrogen and oxygen atoms in total. The summed E-state index contributed by atoms with van der Waals surface area (Å²) in [4.78, 5) is 2.22. The fourth-order valence-electron chi connectivity index (χ4n) is 1.56. The number of nitrogens with zero attached hydrogens (tertiary/aromatic N) is 2. The quantitative estimate of drug-likeness (QED) is 0.677. The maximum atomic E-state index is 9.12. The van der Waals surface area contributed by atoms with Gasteiger partial charge in [-0.2, -0.15) is 5.26 Å². The van der Waals surface area contributed by atoms with Gasteiger partial charge < -0.3 is 9.64 Å². The Balaban J connectivity index is 4.07. The highest BCUT2D eigenvalue weighted by Gasteiger charge is 2.23. The lowest BCUT2D eigenvalue weighted by Crippen LogP contribution is -2.44. The maximum Gasteiger partial charge on any atom is 0.105 e. The van der Waals surface area contributed by atoms with Gasteiger partial charge >= 0.3 is 0 Å². The van der Waals surface area contributed by atoms with E-state index in [0.717, 1.165) is 26.1 Å². The van der Waals surface area contributed by atoms with Crippen molar-refractivity contribution in [3.05, 3.63) is 0 Å². The highest BCUT2D eigenvalue weighted by molar-refractivity contribution is 5.03. The molecule has 0 spiro atoms. The van der Waals surface area contributed by atoms with Crippen molar-refractivity contribution < 1.29 is 4.74 Å². The van der Waals surface area contributed by atoms with E-state index in [2.05, 4.69) is 30.3 Å². The van der Waals surface area contributed by atoms with Crippen molar-refractivity contribution in [3.63, 3.8) is 0 Å². The van der Waals surface area contributed by atoms with E-state index >= 15 is 0 Å². The molecular formula is C12H25N3O. The van der Waals surface area contributed by atoms with Gasteiger partial charge in [-0.1, -0.05) is 6.92 Å². The zero-order chi connectivity index (χ0) is 12.6. The summed E-state index contributed by atoms with van der Waals surface area (Å²) >= 11 is 0. The van der Waals surface area contributed by atoms with Crippen LogP contribution < -0.4 is 5.32 Å². The first-order chi connectivity index (χ1) is 7.49. The van der Waals surface area contributed by atoms with Crippen LogP contribution in [0, 0.1) is 11.3 Å². The minimum atomic E-state index is -0.421. The Morgan fingerprint density at radius 3 is 2.62 bits per heavy atom. The van der Waals surface area contributed by atoms with Crippen LogP contribution in [0.4, 0.5) is 0 Å². The van der Waals surface area contributed by atoms with E-state index in [-0.39, 0.29) is 0 Å². The van der Waals surface area contributed by atoms with Gasteiger partial charge in [0.05, 0.1) is 12.7 Å². The van der Waals surface area contributed by atoms with Crippen LogP contribution in [0.15, 0.2) is 0 Å². The third-order valence-electron chi connectivity index (χ3n) is 2.94. The Hall–Kier alpha value is -0.630. The van der Waals surface area contributed by atoms with E-state index in [1.165, 1.54) is 0 Å². The van der Waals surface area contributed by atoms with E-state index in [1.807, 2.05) is 13.8 Å². The summed E-state index contributed by atoms with van der Waals surface area (Å²) in [5.74, 6) is 0. The maximum absolute atomic E-state index is 9.12. The molecular weight excluding hydrogens is 202 g/mol. The van der Waals surface area contributed by atoms with E-state index in [1.54, 1.807) is 7.11 Å². The average Bonchev–Trinajstić information content (AvgIpc) is 2.26. The van der Waals surface area contributed by atoms with Gasteiger partial charge in [-0.25, -0.2) is 0 Å². The Kier molecular flexibility index (Phi) is 7.31. The third kappa shape index (κ3) is 5.45. The number of methoxy groups -OCH3 is 1. The zero-order valence-electron chi connectivity index (χ0n) is 11.2. The fourth-order valence-corrected chi connectivity index (χ4v) is 1.56. The van der Waals surface area contributed by atoms with Crippen molar-refractivity contribution in [1.82, 2.24) is 10.2 Å². The predicted molar refractivity (Wildman–Crippen MR) is 66.3 cm³/mol. The van der Waals surface area contributed by atoms with Crippen LogP contribution in [0.5, 0.6) is 0 Å². The van der Waals surface area contributed by atoms with Gasteiger partial charge in [-0.05, 0) is 33.9 Å². The molecule has 0 aliphatic carbocycles. The van der Waals surface area contributed by atoms with Gasteiger partial charge in [0.1, 0.15) is 5.54 Å². The van der Waals surface area contributed by atoms with Crippen molar-refractivity contribution >= 4 is 0 Å². The van der Waals surface area contributed by atoms with Gasteiger partial charge in [-0.3, -0.25) is 5.32 Å². The molecule has 0 rings (SSSR count). The number of nitrogens with one attached hydrogen (secondary N) is 1. The van der Waals surface area contributed by atoms with Crippen molar-refractivity contribution in [2.45, 2.75) is 38.8 Å². The molecule has 4 heteroatoms. The predicted octanol–water partition coefficient (Wildman–Crippen LogP) is 1.23. The molecule has 0 aromatic carbocycles. The number of likely N-dealkylation sites (N-methyl/N-ethyl adjacent to an activating group) is 1. The Morgan fingerprint density at radius 2 is 2.19 bits per heavy atom. The largest absolute Gasteiger partial charge is 0.383 e. The van der Waals surface area contributed by atoms with Gasteiger partial charge in [-0.15, -0.1) is 0 Å². The molecule has 0 radical (unpaired) electrons. The van der Waals surface area contributed by atoms with Crippen LogP contribution >= 0.6 is 0 Å². The number of nitriles is 1. The first-order valence-corrected chi connectivity index (χ1v) is 5.84. The molecule has 1 N–H and O–H groups in total. The SMILES string of the molecule is CCNC(C)(C#N)CCN(C)C(C)COC. The van der Waals surface area contributed by atoms with Crippen LogP contribution in [0.3, 0.4) is 0 Å². The second kappa shape index (κ2) is 7.61. The summed E-state index contributed by atoms with van der Waals surface area (Å²) in [7, 11) is 3.77. The molecule has 0 saturated heterocycles.